The average molecular weight is 799 g/mol. The summed E-state index contributed by atoms with van der Waals surface area (Å²) in [5.41, 5.74) is 25.0. The van der Waals surface area contributed by atoms with Gasteiger partial charge in [0.1, 0.15) is 0 Å². The molecule has 0 aliphatic carbocycles. The van der Waals surface area contributed by atoms with E-state index in [-0.39, 0.29) is 0 Å². The van der Waals surface area contributed by atoms with Crippen molar-refractivity contribution < 1.29 is 4.79 Å². The van der Waals surface area contributed by atoms with Crippen LogP contribution in [0.2, 0.25) is 16.6 Å². The van der Waals surface area contributed by atoms with Gasteiger partial charge in [0.25, 0.3) is 0 Å². The summed E-state index contributed by atoms with van der Waals surface area (Å²) in [6.07, 6.45) is 0. The van der Waals surface area contributed by atoms with Crippen LogP contribution in [-0.2, 0) is 0 Å². The van der Waals surface area contributed by atoms with Crippen molar-refractivity contribution in [2.75, 3.05) is 0 Å². The van der Waals surface area contributed by atoms with Crippen LogP contribution >= 0.6 is 0 Å². The summed E-state index contributed by atoms with van der Waals surface area (Å²) < 4.78 is 2.85. The number of hydrogen-bond acceptors (Lipinski definition) is 1. The van der Waals surface area contributed by atoms with E-state index >= 15 is 0 Å². The van der Waals surface area contributed by atoms with E-state index in [4.69, 9.17) is 10.3 Å². The van der Waals surface area contributed by atoms with Crippen LogP contribution < -0.4 is 3.58 Å². The molecule has 0 aromatic heterocycles. The van der Waals surface area contributed by atoms with Gasteiger partial charge in [-0.1, -0.05) is 0 Å². The molecule has 50 heavy (non-hydrogen) atoms. The fourth-order valence-corrected chi connectivity index (χ4v) is 27.8. The van der Waals surface area contributed by atoms with Crippen molar-refractivity contribution in [1.29, 1.82) is 5.53 Å². The summed E-state index contributed by atoms with van der Waals surface area (Å²) in [5, 5.41) is 0. The zero-order valence-corrected chi connectivity index (χ0v) is 39.0. The molecule has 0 saturated carbocycles. The second-order valence-electron chi connectivity index (χ2n) is 17.8. The number of nitrogens with one attached hydrogen (secondary N) is 1. The molecular formula is C46H71N2SiSn+. The first kappa shape index (κ1) is 42.5. The van der Waals surface area contributed by atoms with Crippen molar-refractivity contribution in [3.05, 3.63) is 75.8 Å². The first-order chi connectivity index (χ1) is 23.2. The van der Waals surface area contributed by atoms with Crippen LogP contribution in [0.15, 0.2) is 42.5 Å². The fourth-order valence-electron chi connectivity index (χ4n) is 8.81. The topological polar surface area (TPSA) is 38.0 Å². The normalized spacial score (nSPS) is 12.7. The molecule has 1 N–H and O–H groups in total. The Bertz CT molecular complexity index is 1510. The van der Waals surface area contributed by atoms with E-state index in [9.17, 15) is 0 Å². The molecule has 3 rings (SSSR count). The molecule has 0 aliphatic rings. The van der Waals surface area contributed by atoms with Gasteiger partial charge < -0.3 is 0 Å². The molecule has 4 heteroatoms. The SMILES string of the molecule is CC(C)c1cc(C(C)C)c(-c2cccc(-c3c(C(C)C)cc(C(C)C)cc3C(C)C)[c]2[Sn][C](=[N+]=N)[Si](C(C)C)(C(C)C)C(C)C)c(C(C)C)c1. The summed E-state index contributed by atoms with van der Waals surface area (Å²) in [6.45, 7) is 42.9. The third kappa shape index (κ3) is 8.31. The Hall–Kier alpha value is -1.94. The Morgan fingerprint density at radius 2 is 0.800 bits per heavy atom. The zero-order valence-electron chi connectivity index (χ0n) is 35.2. The van der Waals surface area contributed by atoms with Gasteiger partial charge in [0.15, 0.2) is 0 Å². The van der Waals surface area contributed by atoms with Gasteiger partial charge in [-0.2, -0.15) is 0 Å². The Morgan fingerprint density at radius 1 is 0.500 bits per heavy atom. The quantitative estimate of drug-likeness (QED) is 0.0730. The number of nitrogens with zero attached hydrogens (tertiary/aromatic N) is 1. The molecule has 0 saturated heterocycles. The van der Waals surface area contributed by atoms with E-state index in [0.29, 0.717) is 52.1 Å². The minimum absolute atomic E-state index is 0.394. The van der Waals surface area contributed by atoms with Crippen molar-refractivity contribution in [3.8, 4) is 22.3 Å². The third-order valence-electron chi connectivity index (χ3n) is 11.5. The summed E-state index contributed by atoms with van der Waals surface area (Å²) in [7, 11) is -2.14. The minimum atomic E-state index is -2.14. The van der Waals surface area contributed by atoms with Crippen molar-refractivity contribution >= 4 is 36.1 Å². The molecule has 2 nitrogen and oxygen atoms in total. The molecule has 3 aromatic carbocycles. The van der Waals surface area contributed by atoms with Gasteiger partial charge in [-0.15, -0.1) is 0 Å². The molecule has 0 spiro atoms. The van der Waals surface area contributed by atoms with Gasteiger partial charge in [0, 0.05) is 0 Å². The first-order valence-corrected chi connectivity index (χ1v) is 24.8. The Balaban J connectivity index is 2.72. The molecule has 0 aliphatic heterocycles. The van der Waals surface area contributed by atoms with Gasteiger partial charge in [-0.25, -0.2) is 0 Å². The van der Waals surface area contributed by atoms with Crippen LogP contribution in [0, 0.1) is 5.53 Å². The summed E-state index contributed by atoms with van der Waals surface area (Å²) >= 11 is -1.59. The van der Waals surface area contributed by atoms with E-state index in [0.717, 1.165) is 0 Å². The second-order valence-corrected chi connectivity index (χ2v) is 28.5. The van der Waals surface area contributed by atoms with Crippen LogP contribution in [0.25, 0.3) is 22.3 Å². The van der Waals surface area contributed by atoms with Crippen molar-refractivity contribution in [2.24, 2.45) is 0 Å². The monoisotopic (exact) mass is 799 g/mol. The van der Waals surface area contributed by atoms with Crippen LogP contribution in [0.4, 0.5) is 0 Å². The predicted molar refractivity (Wildman–Crippen MR) is 226 cm³/mol. The van der Waals surface area contributed by atoms with E-state index in [2.05, 4.69) is 167 Å². The Labute approximate surface area is 319 Å². The summed E-state index contributed by atoms with van der Waals surface area (Å²) in [5.74, 6) is 2.52. The third-order valence-corrected chi connectivity index (χ3v) is 26.0. The van der Waals surface area contributed by atoms with E-state index in [1.807, 2.05) is 0 Å². The molecule has 3 aromatic rings. The van der Waals surface area contributed by atoms with Gasteiger partial charge >= 0.3 is 321 Å². The van der Waals surface area contributed by atoms with Crippen molar-refractivity contribution in [3.63, 3.8) is 0 Å². The maximum absolute atomic E-state index is 8.95. The Morgan fingerprint density at radius 3 is 1.02 bits per heavy atom. The van der Waals surface area contributed by atoms with Gasteiger partial charge in [-0.3, -0.25) is 0 Å². The Kier molecular flexibility index (Phi) is 14.7. The molecule has 0 unspecified atom stereocenters. The average Bonchev–Trinajstić information content (AvgIpc) is 3.02. The zero-order chi connectivity index (χ0) is 38.0. The summed E-state index contributed by atoms with van der Waals surface area (Å²) in [4.78, 5) is 4.70. The summed E-state index contributed by atoms with van der Waals surface area (Å²) in [6, 6.07) is 17.3. The van der Waals surface area contributed by atoms with Crippen LogP contribution in [-0.4, -0.2) is 37.4 Å². The second kappa shape index (κ2) is 17.3. The van der Waals surface area contributed by atoms with Gasteiger partial charge in [0.2, 0.25) is 0 Å². The van der Waals surface area contributed by atoms with Crippen LogP contribution in [0.3, 0.4) is 0 Å². The maximum atomic E-state index is 8.95. The molecule has 0 fully saturated rings. The predicted octanol–water partition coefficient (Wildman–Crippen LogP) is 13.9. The molecule has 0 atom stereocenters. The van der Waals surface area contributed by atoms with Crippen LogP contribution in [0.1, 0.15) is 194 Å². The fraction of sp³-hybridized carbons (Fsp3) is 0.587. The van der Waals surface area contributed by atoms with E-state index in [1.54, 1.807) is 0 Å². The molecule has 0 amide bonds. The number of benzene rings is 3. The number of hydrogen-bond donors (Lipinski definition) is 1. The van der Waals surface area contributed by atoms with Crippen molar-refractivity contribution in [1.82, 2.24) is 0 Å². The van der Waals surface area contributed by atoms with Gasteiger partial charge in [-0.05, 0) is 0 Å². The molecular weight excluding hydrogens is 727 g/mol. The molecule has 2 radical (unpaired) electrons. The van der Waals surface area contributed by atoms with E-state index in [1.165, 1.54) is 62.6 Å². The standard InChI is InChI=1S/C36H49.C10H22N2Si.Sn/c1-21(2)29-17-31(23(5)6)35(32(18-29)24(7)8)27-14-13-15-28(16-27)36-33(25(9)10)19-30(22(3)4)20-34(36)26(11)12;1-8(2)13(7-12-11,9(3)4)10(5)6;/h13-15,17-26H,1-12H3;8-11H,1-6H3;/q;+1;. The van der Waals surface area contributed by atoms with Crippen molar-refractivity contribution in [2.45, 2.75) is 177 Å². The van der Waals surface area contributed by atoms with Crippen LogP contribution in [0.5, 0.6) is 0 Å². The number of rotatable bonds is 14. The molecule has 272 valence electrons. The molecule has 0 bridgehead atoms. The molecule has 0 heterocycles. The first-order valence-electron chi connectivity index (χ1n) is 19.7. The van der Waals surface area contributed by atoms with E-state index < -0.39 is 29.2 Å². The van der Waals surface area contributed by atoms with Gasteiger partial charge in [0.05, 0.1) is 0 Å².